The SMILES string of the molecule is CCCCNC(=O)[C@H](CC)N(Cc1ccc(Cl)cc1Cl)C(=O)CN(c1c(C)cccc1C)S(C)(=O)=O. The van der Waals surface area contributed by atoms with Crippen LogP contribution < -0.4 is 9.62 Å². The zero-order chi connectivity index (χ0) is 27.0. The molecule has 2 rings (SSSR count). The van der Waals surface area contributed by atoms with E-state index in [4.69, 9.17) is 23.2 Å². The van der Waals surface area contributed by atoms with Crippen LogP contribution in [-0.4, -0.2) is 50.5 Å². The van der Waals surface area contributed by atoms with Crippen molar-refractivity contribution in [2.24, 2.45) is 0 Å². The van der Waals surface area contributed by atoms with E-state index in [-0.39, 0.29) is 12.5 Å². The van der Waals surface area contributed by atoms with Crippen molar-refractivity contribution < 1.29 is 18.0 Å². The highest BCUT2D eigenvalue weighted by atomic mass is 35.5. The average molecular weight is 557 g/mol. The van der Waals surface area contributed by atoms with Gasteiger partial charge in [-0.2, -0.15) is 0 Å². The van der Waals surface area contributed by atoms with Crippen molar-refractivity contribution >= 4 is 50.7 Å². The summed E-state index contributed by atoms with van der Waals surface area (Å²) in [4.78, 5) is 28.3. The molecule has 0 aliphatic carbocycles. The Hall–Kier alpha value is -2.29. The number of halogens is 2. The van der Waals surface area contributed by atoms with Gasteiger partial charge in [0.05, 0.1) is 11.9 Å². The smallest absolute Gasteiger partial charge is 0.244 e. The normalized spacial score (nSPS) is 12.2. The van der Waals surface area contributed by atoms with Gasteiger partial charge >= 0.3 is 0 Å². The zero-order valence-corrected chi connectivity index (χ0v) is 23.8. The summed E-state index contributed by atoms with van der Waals surface area (Å²) in [6, 6.07) is 9.56. The molecule has 2 aromatic carbocycles. The van der Waals surface area contributed by atoms with Crippen LogP contribution in [0.1, 0.15) is 49.8 Å². The lowest BCUT2D eigenvalue weighted by Crippen LogP contribution is -2.52. The predicted octanol–water partition coefficient (Wildman–Crippen LogP) is 5.10. The first-order chi connectivity index (χ1) is 16.9. The van der Waals surface area contributed by atoms with Crippen LogP contribution in [0, 0.1) is 13.8 Å². The molecule has 2 aromatic rings. The Morgan fingerprint density at radius 1 is 1.06 bits per heavy atom. The molecule has 1 N–H and O–H groups in total. The second-order valence-corrected chi connectivity index (χ2v) is 11.6. The third-order valence-corrected chi connectivity index (χ3v) is 7.64. The number of aryl methyl sites for hydroxylation is 2. The summed E-state index contributed by atoms with van der Waals surface area (Å²) in [5.74, 6) is -0.797. The number of hydrogen-bond donors (Lipinski definition) is 1. The standard InChI is InChI=1S/C26H35Cl2N3O4S/c1-6-8-14-29-26(33)23(7-2)30(16-20-12-13-21(27)15-22(20)28)24(32)17-31(36(5,34)35)25-18(3)10-9-11-19(25)4/h9-13,15,23H,6-8,14,16-17H2,1-5H3,(H,29,33)/t23-/m0/s1. The van der Waals surface area contributed by atoms with Crippen molar-refractivity contribution in [3.63, 3.8) is 0 Å². The van der Waals surface area contributed by atoms with Crippen LogP contribution in [-0.2, 0) is 26.2 Å². The highest BCUT2D eigenvalue weighted by Crippen LogP contribution is 2.28. The highest BCUT2D eigenvalue weighted by Gasteiger charge is 2.32. The maximum absolute atomic E-state index is 13.8. The maximum atomic E-state index is 13.8. The Labute approximate surface area is 224 Å². The van der Waals surface area contributed by atoms with Gasteiger partial charge in [0, 0.05) is 23.1 Å². The number of sulfonamides is 1. The van der Waals surface area contributed by atoms with E-state index in [9.17, 15) is 18.0 Å². The lowest BCUT2D eigenvalue weighted by atomic mass is 10.1. The molecule has 0 unspecified atom stereocenters. The summed E-state index contributed by atoms with van der Waals surface area (Å²) in [6.45, 7) is 7.50. The number of hydrogen-bond acceptors (Lipinski definition) is 4. The minimum absolute atomic E-state index is 0.0267. The quantitative estimate of drug-likeness (QED) is 0.369. The third-order valence-electron chi connectivity index (χ3n) is 5.94. The van der Waals surface area contributed by atoms with Crippen LogP contribution >= 0.6 is 23.2 Å². The fourth-order valence-corrected chi connectivity index (χ4v) is 5.47. The van der Waals surface area contributed by atoms with Gasteiger partial charge in [0.1, 0.15) is 12.6 Å². The van der Waals surface area contributed by atoms with Crippen molar-refractivity contribution in [3.05, 3.63) is 63.1 Å². The van der Waals surface area contributed by atoms with Crippen molar-refractivity contribution in [2.75, 3.05) is 23.7 Å². The summed E-state index contributed by atoms with van der Waals surface area (Å²) < 4.78 is 26.8. The monoisotopic (exact) mass is 555 g/mol. The van der Waals surface area contributed by atoms with E-state index in [2.05, 4.69) is 5.32 Å². The van der Waals surface area contributed by atoms with E-state index in [1.165, 1.54) is 4.90 Å². The molecule has 0 aliphatic heterocycles. The van der Waals surface area contributed by atoms with Crippen LogP contribution in [0.25, 0.3) is 0 Å². The fourth-order valence-electron chi connectivity index (χ4n) is 4.03. The Kier molecular flexibility index (Phi) is 11.1. The minimum atomic E-state index is -3.81. The molecule has 0 aliphatic rings. The van der Waals surface area contributed by atoms with Gasteiger partial charge < -0.3 is 10.2 Å². The summed E-state index contributed by atoms with van der Waals surface area (Å²) in [7, 11) is -3.81. The van der Waals surface area contributed by atoms with E-state index in [0.29, 0.717) is 34.3 Å². The molecule has 36 heavy (non-hydrogen) atoms. The van der Waals surface area contributed by atoms with Crippen LogP contribution in [0.3, 0.4) is 0 Å². The number of benzene rings is 2. The maximum Gasteiger partial charge on any atom is 0.244 e. The lowest BCUT2D eigenvalue weighted by Gasteiger charge is -2.33. The highest BCUT2D eigenvalue weighted by molar-refractivity contribution is 7.92. The second kappa shape index (κ2) is 13.3. The van der Waals surface area contributed by atoms with E-state index < -0.39 is 28.5 Å². The van der Waals surface area contributed by atoms with Gasteiger partial charge in [0.15, 0.2) is 0 Å². The summed E-state index contributed by atoms with van der Waals surface area (Å²) in [5.41, 5.74) is 2.51. The van der Waals surface area contributed by atoms with E-state index in [1.54, 1.807) is 44.2 Å². The molecule has 7 nitrogen and oxygen atoms in total. The van der Waals surface area contributed by atoms with Crippen molar-refractivity contribution in [3.8, 4) is 0 Å². The van der Waals surface area contributed by atoms with E-state index in [1.807, 2.05) is 19.9 Å². The van der Waals surface area contributed by atoms with Crippen LogP contribution in [0.4, 0.5) is 5.69 Å². The molecule has 198 valence electrons. The van der Waals surface area contributed by atoms with Crippen LogP contribution in [0.5, 0.6) is 0 Å². The third kappa shape index (κ3) is 7.85. The molecule has 0 fully saturated rings. The number of carbonyl (C=O) groups is 2. The van der Waals surface area contributed by atoms with Gasteiger partial charge in [-0.05, 0) is 55.5 Å². The molecular weight excluding hydrogens is 521 g/mol. The number of carbonyl (C=O) groups excluding carboxylic acids is 2. The average Bonchev–Trinajstić information content (AvgIpc) is 2.79. The van der Waals surface area contributed by atoms with Gasteiger partial charge in [0.2, 0.25) is 21.8 Å². The zero-order valence-electron chi connectivity index (χ0n) is 21.5. The number of para-hydroxylation sites is 1. The number of rotatable bonds is 12. The van der Waals surface area contributed by atoms with Crippen LogP contribution in [0.15, 0.2) is 36.4 Å². The first-order valence-corrected chi connectivity index (χ1v) is 14.6. The Morgan fingerprint density at radius 2 is 1.69 bits per heavy atom. The van der Waals surface area contributed by atoms with Crippen molar-refractivity contribution in [1.82, 2.24) is 10.2 Å². The lowest BCUT2D eigenvalue weighted by molar-refractivity contribution is -0.140. The van der Waals surface area contributed by atoms with Crippen LogP contribution in [0.2, 0.25) is 10.0 Å². The molecule has 0 saturated heterocycles. The van der Waals surface area contributed by atoms with E-state index >= 15 is 0 Å². The number of amides is 2. The molecule has 0 heterocycles. The topological polar surface area (TPSA) is 86.8 Å². The minimum Gasteiger partial charge on any atom is -0.354 e. The summed E-state index contributed by atoms with van der Waals surface area (Å²) in [6.07, 6.45) is 3.14. The molecule has 0 saturated carbocycles. The number of nitrogens with zero attached hydrogens (tertiary/aromatic N) is 2. The predicted molar refractivity (Wildman–Crippen MR) is 147 cm³/mol. The molecule has 10 heteroatoms. The largest absolute Gasteiger partial charge is 0.354 e. The van der Waals surface area contributed by atoms with Gasteiger partial charge in [0.25, 0.3) is 0 Å². The summed E-state index contributed by atoms with van der Waals surface area (Å²) >= 11 is 12.4. The molecule has 1 atom stereocenters. The molecular formula is C26H35Cl2N3O4S. The Morgan fingerprint density at radius 3 is 2.22 bits per heavy atom. The van der Waals surface area contributed by atoms with Gasteiger partial charge in [-0.1, -0.05) is 67.7 Å². The van der Waals surface area contributed by atoms with E-state index in [0.717, 1.165) is 34.5 Å². The number of nitrogens with one attached hydrogen (secondary N) is 1. The second-order valence-electron chi connectivity index (χ2n) is 8.84. The Balaban J connectivity index is 2.50. The molecule has 0 aromatic heterocycles. The molecule has 0 radical (unpaired) electrons. The number of unbranched alkanes of at least 4 members (excludes halogenated alkanes) is 1. The first-order valence-electron chi connectivity index (χ1n) is 12.0. The van der Waals surface area contributed by atoms with Gasteiger partial charge in [-0.25, -0.2) is 8.42 Å². The Bertz CT molecular complexity index is 1170. The molecule has 0 bridgehead atoms. The van der Waals surface area contributed by atoms with Gasteiger partial charge in [-0.15, -0.1) is 0 Å². The number of anilines is 1. The first kappa shape index (κ1) is 29.9. The molecule has 0 spiro atoms. The molecule has 2 amide bonds. The van der Waals surface area contributed by atoms with Crippen molar-refractivity contribution in [2.45, 2.75) is 59.5 Å². The van der Waals surface area contributed by atoms with Crippen molar-refractivity contribution in [1.29, 1.82) is 0 Å². The van der Waals surface area contributed by atoms with Gasteiger partial charge in [-0.3, -0.25) is 13.9 Å². The summed E-state index contributed by atoms with van der Waals surface area (Å²) in [5, 5.41) is 3.70. The fraction of sp³-hybridized carbons (Fsp3) is 0.462.